The highest BCUT2D eigenvalue weighted by atomic mass is 35.5. The van der Waals surface area contributed by atoms with E-state index in [0.717, 1.165) is 6.42 Å². The number of amides is 2. The Morgan fingerprint density at radius 1 is 1.46 bits per heavy atom. The first-order valence-electron chi connectivity index (χ1n) is 8.06. The largest absolute Gasteiger partial charge is 0.495 e. The van der Waals surface area contributed by atoms with Crippen LogP contribution in [-0.4, -0.2) is 45.2 Å². The maximum Gasteiger partial charge on any atom is 0.227 e. The van der Waals surface area contributed by atoms with Crippen molar-refractivity contribution in [3.63, 3.8) is 0 Å². The summed E-state index contributed by atoms with van der Waals surface area (Å²) in [7, 11) is 1.54. The van der Waals surface area contributed by atoms with Crippen LogP contribution in [0, 0.1) is 5.92 Å². The molecular weight excluding hydrogens is 332 g/mol. The van der Waals surface area contributed by atoms with Crippen molar-refractivity contribution in [1.29, 1.82) is 0 Å². The van der Waals surface area contributed by atoms with E-state index in [1.807, 2.05) is 6.92 Å². The van der Waals surface area contributed by atoms with Crippen molar-refractivity contribution in [1.82, 2.24) is 5.32 Å². The second-order valence-electron chi connectivity index (χ2n) is 5.56. The number of rotatable bonds is 8. The van der Waals surface area contributed by atoms with Gasteiger partial charge in [0.2, 0.25) is 11.8 Å². The highest BCUT2D eigenvalue weighted by molar-refractivity contribution is 6.31. The Kier molecular flexibility index (Phi) is 6.87. The highest BCUT2D eigenvalue weighted by Gasteiger charge is 2.36. The van der Waals surface area contributed by atoms with Gasteiger partial charge in [-0.15, -0.1) is 0 Å². The summed E-state index contributed by atoms with van der Waals surface area (Å²) in [5.41, 5.74) is 0.599. The lowest BCUT2D eigenvalue weighted by Gasteiger charge is -2.19. The molecule has 0 saturated carbocycles. The lowest BCUT2D eigenvalue weighted by Crippen LogP contribution is -2.34. The van der Waals surface area contributed by atoms with Crippen molar-refractivity contribution >= 4 is 29.1 Å². The van der Waals surface area contributed by atoms with Crippen LogP contribution < -0.4 is 15.0 Å². The number of nitrogens with one attached hydrogen (secondary N) is 1. The number of benzene rings is 1. The van der Waals surface area contributed by atoms with Gasteiger partial charge in [0, 0.05) is 37.7 Å². The summed E-state index contributed by atoms with van der Waals surface area (Å²) in [6, 6.07) is 5.10. The van der Waals surface area contributed by atoms with E-state index in [9.17, 15) is 9.59 Å². The highest BCUT2D eigenvalue weighted by Crippen LogP contribution is 2.35. The van der Waals surface area contributed by atoms with Gasteiger partial charge in [-0.3, -0.25) is 9.59 Å². The zero-order valence-electron chi connectivity index (χ0n) is 14.0. The van der Waals surface area contributed by atoms with E-state index in [-0.39, 0.29) is 24.2 Å². The molecule has 1 heterocycles. The number of carbonyl (C=O) groups excluding carboxylic acids is 2. The molecule has 1 aliphatic heterocycles. The molecule has 0 aromatic heterocycles. The molecule has 1 N–H and O–H groups in total. The smallest absolute Gasteiger partial charge is 0.227 e. The molecule has 1 aliphatic rings. The molecule has 132 valence electrons. The zero-order chi connectivity index (χ0) is 17.5. The maximum atomic E-state index is 12.3. The van der Waals surface area contributed by atoms with Crippen molar-refractivity contribution in [2.45, 2.75) is 19.8 Å². The van der Waals surface area contributed by atoms with Crippen LogP contribution in [0.4, 0.5) is 5.69 Å². The average Bonchev–Trinajstić information content (AvgIpc) is 2.96. The number of halogens is 1. The molecule has 1 unspecified atom stereocenters. The normalized spacial score (nSPS) is 17.2. The zero-order valence-corrected chi connectivity index (χ0v) is 14.8. The van der Waals surface area contributed by atoms with Gasteiger partial charge < -0.3 is 19.7 Å². The van der Waals surface area contributed by atoms with Crippen LogP contribution in [0.15, 0.2) is 18.2 Å². The third-order valence-corrected chi connectivity index (χ3v) is 4.13. The Hall–Kier alpha value is -1.79. The van der Waals surface area contributed by atoms with Gasteiger partial charge in [0.05, 0.1) is 18.7 Å². The number of anilines is 1. The molecule has 2 amide bonds. The summed E-state index contributed by atoms with van der Waals surface area (Å²) in [5, 5.41) is 3.38. The van der Waals surface area contributed by atoms with Gasteiger partial charge in [-0.05, 0) is 31.5 Å². The fourth-order valence-corrected chi connectivity index (χ4v) is 2.83. The van der Waals surface area contributed by atoms with Gasteiger partial charge in [0.25, 0.3) is 0 Å². The molecule has 0 spiro atoms. The third kappa shape index (κ3) is 4.61. The van der Waals surface area contributed by atoms with Gasteiger partial charge in [0.15, 0.2) is 0 Å². The van der Waals surface area contributed by atoms with Gasteiger partial charge in [-0.1, -0.05) is 11.6 Å². The standard InChI is InChI=1S/C17H23ClN2O4/c1-3-24-8-4-7-19-17(22)12-9-16(21)20(11-12)14-10-13(18)5-6-15(14)23-2/h5-6,10,12H,3-4,7-9,11H2,1-2H3,(H,19,22). The van der Waals surface area contributed by atoms with Crippen LogP contribution in [0.3, 0.4) is 0 Å². The molecule has 1 fully saturated rings. The number of hydrogen-bond donors (Lipinski definition) is 1. The topological polar surface area (TPSA) is 67.9 Å². The molecule has 0 aliphatic carbocycles. The second kappa shape index (κ2) is 8.89. The summed E-state index contributed by atoms with van der Waals surface area (Å²) in [5.74, 6) is -0.0211. The van der Waals surface area contributed by atoms with Crippen molar-refractivity contribution < 1.29 is 19.1 Å². The fraction of sp³-hybridized carbons (Fsp3) is 0.529. The number of ether oxygens (including phenoxy) is 2. The van der Waals surface area contributed by atoms with E-state index in [1.54, 1.807) is 23.1 Å². The van der Waals surface area contributed by atoms with Crippen LogP contribution >= 0.6 is 11.6 Å². The monoisotopic (exact) mass is 354 g/mol. The van der Waals surface area contributed by atoms with Crippen LogP contribution in [0.2, 0.25) is 5.02 Å². The quantitative estimate of drug-likeness (QED) is 0.727. The lowest BCUT2D eigenvalue weighted by molar-refractivity contribution is -0.126. The first-order chi connectivity index (χ1) is 11.6. The Balaban J connectivity index is 1.96. The van der Waals surface area contributed by atoms with E-state index in [1.165, 1.54) is 7.11 Å². The number of methoxy groups -OCH3 is 1. The molecule has 1 atom stereocenters. The summed E-state index contributed by atoms with van der Waals surface area (Å²) in [6.07, 6.45) is 0.943. The van der Waals surface area contributed by atoms with Gasteiger partial charge in [0.1, 0.15) is 5.75 Å². The minimum absolute atomic E-state index is 0.106. The molecular formula is C17H23ClN2O4. The molecule has 1 saturated heterocycles. The lowest BCUT2D eigenvalue weighted by atomic mass is 10.1. The van der Waals surface area contributed by atoms with Crippen molar-refractivity contribution in [3.8, 4) is 5.75 Å². The van der Waals surface area contributed by atoms with E-state index in [4.69, 9.17) is 21.1 Å². The molecule has 1 aromatic rings. The van der Waals surface area contributed by atoms with Gasteiger partial charge in [-0.25, -0.2) is 0 Å². The summed E-state index contributed by atoms with van der Waals surface area (Å²) >= 11 is 6.02. The van der Waals surface area contributed by atoms with E-state index >= 15 is 0 Å². The van der Waals surface area contributed by atoms with Crippen LogP contribution in [-0.2, 0) is 14.3 Å². The third-order valence-electron chi connectivity index (χ3n) is 3.90. The predicted molar refractivity (Wildman–Crippen MR) is 92.6 cm³/mol. The Labute approximate surface area is 147 Å². The minimum Gasteiger partial charge on any atom is -0.495 e. The SMILES string of the molecule is CCOCCCNC(=O)C1CC(=O)N(c2cc(Cl)ccc2OC)C1. The molecule has 0 bridgehead atoms. The van der Waals surface area contributed by atoms with E-state index in [2.05, 4.69) is 5.32 Å². The maximum absolute atomic E-state index is 12.3. The average molecular weight is 355 g/mol. The number of hydrogen-bond acceptors (Lipinski definition) is 4. The summed E-state index contributed by atoms with van der Waals surface area (Å²) < 4.78 is 10.5. The Morgan fingerprint density at radius 2 is 2.25 bits per heavy atom. The van der Waals surface area contributed by atoms with Crippen LogP contribution in [0.1, 0.15) is 19.8 Å². The first kappa shape index (κ1) is 18.5. The Bertz CT molecular complexity index is 594. The second-order valence-corrected chi connectivity index (χ2v) is 6.00. The van der Waals surface area contributed by atoms with E-state index in [0.29, 0.717) is 42.8 Å². The van der Waals surface area contributed by atoms with Crippen molar-refractivity contribution in [2.75, 3.05) is 38.3 Å². The summed E-state index contributed by atoms with van der Waals surface area (Å²) in [4.78, 5) is 26.1. The van der Waals surface area contributed by atoms with Gasteiger partial charge in [-0.2, -0.15) is 0 Å². The molecule has 1 aromatic carbocycles. The van der Waals surface area contributed by atoms with Gasteiger partial charge >= 0.3 is 0 Å². The fourth-order valence-electron chi connectivity index (χ4n) is 2.66. The molecule has 2 rings (SSSR count). The minimum atomic E-state index is -0.367. The Morgan fingerprint density at radius 3 is 2.96 bits per heavy atom. The van der Waals surface area contributed by atoms with Crippen LogP contribution in [0.5, 0.6) is 5.75 Å². The van der Waals surface area contributed by atoms with Crippen LogP contribution in [0.25, 0.3) is 0 Å². The van der Waals surface area contributed by atoms with Crippen molar-refractivity contribution in [3.05, 3.63) is 23.2 Å². The summed E-state index contributed by atoms with van der Waals surface area (Å²) in [6.45, 7) is 4.09. The molecule has 6 nitrogen and oxygen atoms in total. The predicted octanol–water partition coefficient (Wildman–Crippen LogP) is 2.24. The van der Waals surface area contributed by atoms with Crippen molar-refractivity contribution in [2.24, 2.45) is 5.92 Å². The number of nitrogens with zero attached hydrogens (tertiary/aromatic N) is 1. The van der Waals surface area contributed by atoms with E-state index < -0.39 is 0 Å². The molecule has 24 heavy (non-hydrogen) atoms. The molecule has 7 heteroatoms. The molecule has 0 radical (unpaired) electrons. The first-order valence-corrected chi connectivity index (χ1v) is 8.44. The number of carbonyl (C=O) groups is 2.